The van der Waals surface area contributed by atoms with Gasteiger partial charge in [0.15, 0.2) is 25.0 Å². The predicted octanol–water partition coefficient (Wildman–Crippen LogP) is 4.40. The van der Waals surface area contributed by atoms with Crippen LogP contribution in [0.2, 0.25) is 58.9 Å². The Balaban J connectivity index is -0.000000187. The topological polar surface area (TPSA) is 27.7 Å². The van der Waals surface area contributed by atoms with Gasteiger partial charge in [-0.3, -0.25) is 0 Å². The summed E-state index contributed by atoms with van der Waals surface area (Å²) in [5, 5.41) is 0. The summed E-state index contributed by atoms with van der Waals surface area (Å²) in [6.45, 7) is 19.4. The Morgan fingerprint density at radius 2 is 0.444 bits per heavy atom. The highest BCUT2D eigenvalue weighted by molar-refractivity contribution is 6.70. The Bertz CT molecular complexity index is 145. The molecule has 0 aromatic carbocycles. The van der Waals surface area contributed by atoms with Crippen LogP contribution in [-0.2, 0) is 13.3 Å². The average Bonchev–Trinajstić information content (AvgIpc) is 2.16. The van der Waals surface area contributed by atoms with E-state index >= 15 is 0 Å². The van der Waals surface area contributed by atoms with Crippen molar-refractivity contribution in [1.29, 1.82) is 0 Å². The average molecular weight is 313 g/mol. The van der Waals surface area contributed by atoms with Gasteiger partial charge in [0, 0.05) is 21.3 Å². The van der Waals surface area contributed by atoms with Gasteiger partial charge < -0.3 is 13.3 Å². The fraction of sp³-hybridized carbons (Fsp3) is 1.00. The first-order valence-corrected chi connectivity index (χ1v) is 16.6. The van der Waals surface area contributed by atoms with Crippen molar-refractivity contribution in [3.8, 4) is 0 Å². The van der Waals surface area contributed by atoms with E-state index in [0.29, 0.717) is 0 Å². The smallest absolute Gasteiger partial charge is 0.183 e. The quantitative estimate of drug-likeness (QED) is 0.723. The second kappa shape index (κ2) is 10.3. The lowest BCUT2D eigenvalue weighted by Crippen LogP contribution is -2.22. The summed E-state index contributed by atoms with van der Waals surface area (Å²) in [4.78, 5) is 0. The summed E-state index contributed by atoms with van der Waals surface area (Å²) in [5.74, 6) is 0. The predicted molar refractivity (Wildman–Crippen MR) is 91.1 cm³/mol. The van der Waals surface area contributed by atoms with Crippen LogP contribution in [0.4, 0.5) is 0 Å². The van der Waals surface area contributed by atoms with Gasteiger partial charge in [0.2, 0.25) is 0 Å². The van der Waals surface area contributed by atoms with Crippen molar-refractivity contribution in [3.05, 3.63) is 0 Å². The van der Waals surface area contributed by atoms with Crippen molar-refractivity contribution in [3.63, 3.8) is 0 Å². The van der Waals surface area contributed by atoms with Gasteiger partial charge in [0.05, 0.1) is 0 Å². The van der Waals surface area contributed by atoms with E-state index in [1.165, 1.54) is 0 Å². The first-order valence-electron chi connectivity index (χ1n) is 6.34. The van der Waals surface area contributed by atoms with Gasteiger partial charge in [0.25, 0.3) is 0 Å². The Hall–Kier alpha value is 0.531. The summed E-state index contributed by atoms with van der Waals surface area (Å²) in [6.07, 6.45) is 0. The van der Waals surface area contributed by atoms with Crippen LogP contribution < -0.4 is 0 Å². The summed E-state index contributed by atoms with van der Waals surface area (Å²) >= 11 is 0. The van der Waals surface area contributed by atoms with E-state index in [-0.39, 0.29) is 0 Å². The Morgan fingerprint density at radius 3 is 0.444 bits per heavy atom. The molecule has 0 amide bonds. The summed E-state index contributed by atoms with van der Waals surface area (Å²) in [5.41, 5.74) is 0. The molecular weight excluding hydrogens is 276 g/mol. The molecule has 18 heavy (non-hydrogen) atoms. The molecule has 0 atom stereocenters. The van der Waals surface area contributed by atoms with Gasteiger partial charge in [0.1, 0.15) is 0 Å². The van der Waals surface area contributed by atoms with Gasteiger partial charge in [-0.05, 0) is 58.9 Å². The third-order valence-corrected chi connectivity index (χ3v) is 5.51. The first kappa shape index (κ1) is 23.6. The largest absolute Gasteiger partial charge is 0.421 e. The highest BCUT2D eigenvalue weighted by Crippen LogP contribution is 1.98. The molecule has 0 heterocycles. The summed E-state index contributed by atoms with van der Waals surface area (Å²) in [7, 11) is 1.92. The molecular formula is C12H36O3Si3. The van der Waals surface area contributed by atoms with Crippen molar-refractivity contribution in [2.45, 2.75) is 58.9 Å². The lowest BCUT2D eigenvalue weighted by molar-refractivity contribution is 0.410. The van der Waals surface area contributed by atoms with Gasteiger partial charge in [-0.2, -0.15) is 0 Å². The molecule has 0 spiro atoms. The van der Waals surface area contributed by atoms with Crippen LogP contribution in [0.15, 0.2) is 0 Å². The van der Waals surface area contributed by atoms with E-state index < -0.39 is 25.0 Å². The molecule has 3 nitrogen and oxygen atoms in total. The minimum absolute atomic E-state index is 1.13. The molecule has 0 unspecified atom stereocenters. The van der Waals surface area contributed by atoms with Gasteiger partial charge in [-0.15, -0.1) is 0 Å². The van der Waals surface area contributed by atoms with Gasteiger partial charge in [-0.1, -0.05) is 0 Å². The molecule has 0 rings (SSSR count). The Kier molecular flexibility index (Phi) is 13.6. The van der Waals surface area contributed by atoms with Crippen LogP contribution in [-0.4, -0.2) is 46.3 Å². The number of hydrogen-bond donors (Lipinski definition) is 0. The minimum Gasteiger partial charge on any atom is -0.421 e. The monoisotopic (exact) mass is 312 g/mol. The van der Waals surface area contributed by atoms with Gasteiger partial charge >= 0.3 is 0 Å². The molecule has 0 fully saturated rings. The highest BCUT2D eigenvalue weighted by Gasteiger charge is 2.10. The maximum Gasteiger partial charge on any atom is 0.183 e. The second-order valence-electron chi connectivity index (χ2n) is 6.95. The molecule has 0 radical (unpaired) electrons. The lowest BCUT2D eigenvalue weighted by atomic mass is 11.8. The molecule has 0 aromatic heterocycles. The Morgan fingerprint density at radius 1 is 0.389 bits per heavy atom. The van der Waals surface area contributed by atoms with Crippen LogP contribution in [0, 0.1) is 0 Å². The maximum atomic E-state index is 5.08. The molecule has 0 N–H and O–H groups in total. The van der Waals surface area contributed by atoms with E-state index in [4.69, 9.17) is 13.3 Å². The third kappa shape index (κ3) is 43.9. The zero-order chi connectivity index (χ0) is 15.6. The SMILES string of the molecule is CO[Si](C)(C)C.CO[Si](C)(C)C.CO[Si](C)(C)C. The van der Waals surface area contributed by atoms with E-state index in [9.17, 15) is 0 Å². The fourth-order valence-corrected chi connectivity index (χ4v) is 0. The zero-order valence-electron chi connectivity index (χ0n) is 14.7. The third-order valence-electron chi connectivity index (χ3n) is 1.84. The van der Waals surface area contributed by atoms with Crippen molar-refractivity contribution in [1.82, 2.24) is 0 Å². The molecule has 0 aliphatic carbocycles. The fourth-order valence-electron chi connectivity index (χ4n) is 0. The number of rotatable bonds is 3. The molecule has 0 aliphatic rings. The molecule has 0 bridgehead atoms. The van der Waals surface area contributed by atoms with Crippen molar-refractivity contribution >= 4 is 25.0 Å². The second-order valence-corrected chi connectivity index (χ2v) is 20.8. The maximum absolute atomic E-state index is 5.08. The molecule has 0 saturated heterocycles. The zero-order valence-corrected chi connectivity index (χ0v) is 17.7. The van der Waals surface area contributed by atoms with E-state index in [0.717, 1.165) is 0 Å². The lowest BCUT2D eigenvalue weighted by Gasteiger charge is -2.10. The minimum atomic E-state index is -1.13. The molecule has 6 heteroatoms. The number of hydrogen-bond acceptors (Lipinski definition) is 3. The van der Waals surface area contributed by atoms with E-state index in [1.807, 2.05) is 0 Å². The summed E-state index contributed by atoms with van der Waals surface area (Å²) < 4.78 is 15.2. The molecule has 114 valence electrons. The molecule has 0 aromatic rings. The van der Waals surface area contributed by atoms with Crippen LogP contribution in [0.25, 0.3) is 0 Å². The molecule has 0 aliphatic heterocycles. The van der Waals surface area contributed by atoms with E-state index in [2.05, 4.69) is 58.9 Å². The van der Waals surface area contributed by atoms with Crippen LogP contribution in [0.3, 0.4) is 0 Å². The standard InChI is InChI=1S/3C4H12OSi/c3*1-5-6(2,3)4/h3*1-4H3. The first-order chi connectivity index (χ1) is 7.68. The van der Waals surface area contributed by atoms with Crippen molar-refractivity contribution < 1.29 is 13.3 Å². The molecule has 0 saturated carbocycles. The highest BCUT2D eigenvalue weighted by atomic mass is 28.4. The van der Waals surface area contributed by atoms with E-state index in [1.54, 1.807) is 21.3 Å². The van der Waals surface area contributed by atoms with Crippen molar-refractivity contribution in [2.24, 2.45) is 0 Å². The summed E-state index contributed by atoms with van der Waals surface area (Å²) in [6, 6.07) is 0. The normalized spacial score (nSPS) is 12.0. The van der Waals surface area contributed by atoms with Gasteiger partial charge in [-0.25, -0.2) is 0 Å². The Labute approximate surface area is 119 Å². The van der Waals surface area contributed by atoms with Crippen LogP contribution in [0.5, 0.6) is 0 Å². The van der Waals surface area contributed by atoms with Crippen LogP contribution >= 0.6 is 0 Å². The van der Waals surface area contributed by atoms with Crippen LogP contribution in [0.1, 0.15) is 0 Å². The van der Waals surface area contributed by atoms with Crippen molar-refractivity contribution in [2.75, 3.05) is 21.3 Å².